The zero-order valence-corrected chi connectivity index (χ0v) is 21.0. The Morgan fingerprint density at radius 3 is 2.44 bits per heavy atom. The highest BCUT2D eigenvalue weighted by atomic mass is 16.5. The van der Waals surface area contributed by atoms with E-state index in [0.29, 0.717) is 43.1 Å². The molecule has 36 heavy (non-hydrogen) atoms. The number of carbonyl (C=O) groups excluding carboxylic acids is 1. The van der Waals surface area contributed by atoms with Crippen LogP contribution >= 0.6 is 0 Å². The normalized spacial score (nSPS) is 14.2. The van der Waals surface area contributed by atoms with Gasteiger partial charge in [0, 0.05) is 25.1 Å². The largest absolute Gasteiger partial charge is 0.497 e. The molecule has 0 atom stereocenters. The van der Waals surface area contributed by atoms with Gasteiger partial charge in [0.1, 0.15) is 17.0 Å². The quantitative estimate of drug-likeness (QED) is 0.434. The molecule has 1 aliphatic rings. The van der Waals surface area contributed by atoms with Crippen LogP contribution < -0.4 is 19.7 Å². The van der Waals surface area contributed by atoms with E-state index in [0.717, 1.165) is 33.8 Å². The summed E-state index contributed by atoms with van der Waals surface area (Å²) in [5.41, 5.74) is 4.37. The van der Waals surface area contributed by atoms with Crippen molar-refractivity contribution in [2.45, 2.75) is 26.7 Å². The first-order valence-corrected chi connectivity index (χ1v) is 12.1. The van der Waals surface area contributed by atoms with Crippen LogP contribution in [0.25, 0.3) is 16.6 Å². The molecule has 2 aromatic carbocycles. The van der Waals surface area contributed by atoms with Crippen LogP contribution in [0.4, 0.5) is 11.5 Å². The molecule has 0 radical (unpaired) electrons. The summed E-state index contributed by atoms with van der Waals surface area (Å²) < 4.78 is 12.6. The lowest BCUT2D eigenvalue weighted by Crippen LogP contribution is -2.38. The molecule has 1 fully saturated rings. The summed E-state index contributed by atoms with van der Waals surface area (Å²) >= 11 is 0. The van der Waals surface area contributed by atoms with E-state index in [1.54, 1.807) is 32.4 Å². The van der Waals surface area contributed by atoms with Crippen LogP contribution in [0.1, 0.15) is 24.2 Å². The minimum absolute atomic E-state index is 0.0116. The number of nitrogens with zero attached hydrogens (tertiary/aromatic N) is 5. The summed E-state index contributed by atoms with van der Waals surface area (Å²) in [5, 5.41) is 17.9. The van der Waals surface area contributed by atoms with Crippen molar-refractivity contribution in [2.75, 3.05) is 37.5 Å². The van der Waals surface area contributed by atoms with Crippen molar-refractivity contribution in [1.29, 1.82) is 0 Å². The zero-order valence-electron chi connectivity index (χ0n) is 21.0. The number of amides is 1. The second-order valence-corrected chi connectivity index (χ2v) is 8.98. The van der Waals surface area contributed by atoms with Gasteiger partial charge in [0.05, 0.1) is 42.4 Å². The molecule has 2 aromatic heterocycles. The van der Waals surface area contributed by atoms with E-state index in [1.807, 2.05) is 41.9 Å². The molecule has 1 aliphatic heterocycles. The van der Waals surface area contributed by atoms with Crippen molar-refractivity contribution in [3.05, 3.63) is 59.9 Å². The average molecular weight is 487 g/mol. The summed E-state index contributed by atoms with van der Waals surface area (Å²) in [6, 6.07) is 15.4. The van der Waals surface area contributed by atoms with Crippen LogP contribution in [0.3, 0.4) is 0 Å². The second-order valence-electron chi connectivity index (χ2n) is 8.98. The van der Waals surface area contributed by atoms with E-state index in [2.05, 4.69) is 27.3 Å². The number of methoxy groups -OCH3 is 2. The Morgan fingerprint density at radius 2 is 1.75 bits per heavy atom. The molecule has 9 heteroatoms. The lowest BCUT2D eigenvalue weighted by atomic mass is 9.95. The molecule has 186 valence electrons. The first-order chi connectivity index (χ1) is 17.5. The fraction of sp³-hybridized carbons (Fsp3) is 0.333. The SMILES string of the molecule is COc1ccc(NC(=O)C2CCN(c3nnc(C)c4c(C)n(-c5ccccc5)nc34)CC2)c(OC)c1. The molecule has 5 rings (SSSR count). The second kappa shape index (κ2) is 9.85. The number of para-hydroxylation sites is 1. The van der Waals surface area contributed by atoms with Crippen LogP contribution in [-0.2, 0) is 4.79 Å². The highest BCUT2D eigenvalue weighted by Crippen LogP contribution is 2.33. The summed E-state index contributed by atoms with van der Waals surface area (Å²) in [6.07, 6.45) is 1.42. The van der Waals surface area contributed by atoms with Gasteiger partial charge in [-0.05, 0) is 51.0 Å². The predicted octanol–water partition coefficient (Wildman–Crippen LogP) is 4.30. The van der Waals surface area contributed by atoms with Gasteiger partial charge >= 0.3 is 0 Å². The van der Waals surface area contributed by atoms with Gasteiger partial charge in [0.15, 0.2) is 5.82 Å². The van der Waals surface area contributed by atoms with Crippen molar-refractivity contribution in [2.24, 2.45) is 5.92 Å². The van der Waals surface area contributed by atoms with Crippen LogP contribution in [-0.4, -0.2) is 53.2 Å². The maximum atomic E-state index is 13.0. The molecular weight excluding hydrogens is 456 g/mol. The van der Waals surface area contributed by atoms with Crippen molar-refractivity contribution >= 4 is 28.3 Å². The van der Waals surface area contributed by atoms with Gasteiger partial charge in [0.2, 0.25) is 5.91 Å². The molecule has 9 nitrogen and oxygen atoms in total. The Bertz CT molecular complexity index is 1390. The monoisotopic (exact) mass is 486 g/mol. The fourth-order valence-corrected chi connectivity index (χ4v) is 4.84. The number of carbonyl (C=O) groups is 1. The number of ether oxygens (including phenoxy) is 2. The van der Waals surface area contributed by atoms with E-state index in [1.165, 1.54) is 0 Å². The molecule has 0 aliphatic carbocycles. The van der Waals surface area contributed by atoms with Crippen LogP contribution in [0.5, 0.6) is 11.5 Å². The third-order valence-corrected chi connectivity index (χ3v) is 6.82. The lowest BCUT2D eigenvalue weighted by molar-refractivity contribution is -0.120. The molecule has 1 N–H and O–H groups in total. The van der Waals surface area contributed by atoms with Crippen molar-refractivity contribution in [1.82, 2.24) is 20.0 Å². The average Bonchev–Trinajstić information content (AvgIpc) is 3.27. The minimum Gasteiger partial charge on any atom is -0.497 e. The highest BCUT2D eigenvalue weighted by molar-refractivity contribution is 5.95. The Balaban J connectivity index is 1.33. The molecule has 0 bridgehead atoms. The van der Waals surface area contributed by atoms with E-state index in [4.69, 9.17) is 14.6 Å². The number of hydrogen-bond donors (Lipinski definition) is 1. The minimum atomic E-state index is -0.106. The molecular formula is C27H30N6O3. The molecule has 0 saturated carbocycles. The van der Waals surface area contributed by atoms with E-state index < -0.39 is 0 Å². The summed E-state index contributed by atoms with van der Waals surface area (Å²) in [5.74, 6) is 1.90. The highest BCUT2D eigenvalue weighted by Gasteiger charge is 2.29. The van der Waals surface area contributed by atoms with Gasteiger partial charge in [0.25, 0.3) is 0 Å². The number of aromatic nitrogens is 4. The van der Waals surface area contributed by atoms with Gasteiger partial charge in [-0.25, -0.2) is 4.68 Å². The summed E-state index contributed by atoms with van der Waals surface area (Å²) in [4.78, 5) is 15.2. The molecule has 3 heterocycles. The topological polar surface area (TPSA) is 94.4 Å². The van der Waals surface area contributed by atoms with Crippen LogP contribution in [0.2, 0.25) is 0 Å². The number of benzene rings is 2. The molecule has 0 spiro atoms. The Hall–Kier alpha value is -4.14. The molecule has 0 unspecified atom stereocenters. The summed E-state index contributed by atoms with van der Waals surface area (Å²) in [6.45, 7) is 5.42. The third kappa shape index (κ3) is 4.32. The number of fused-ring (bicyclic) bond motifs is 1. The Kier molecular flexibility index (Phi) is 6.45. The number of nitrogens with one attached hydrogen (secondary N) is 1. The number of aryl methyl sites for hydroxylation is 2. The van der Waals surface area contributed by atoms with E-state index in [9.17, 15) is 4.79 Å². The summed E-state index contributed by atoms with van der Waals surface area (Å²) in [7, 11) is 3.17. The smallest absolute Gasteiger partial charge is 0.227 e. The first kappa shape index (κ1) is 23.6. The number of rotatable bonds is 6. The molecule has 1 amide bonds. The van der Waals surface area contributed by atoms with Crippen LogP contribution in [0.15, 0.2) is 48.5 Å². The predicted molar refractivity (Wildman–Crippen MR) is 139 cm³/mol. The number of piperidine rings is 1. The van der Waals surface area contributed by atoms with Gasteiger partial charge in [-0.1, -0.05) is 18.2 Å². The maximum Gasteiger partial charge on any atom is 0.227 e. The lowest BCUT2D eigenvalue weighted by Gasteiger charge is -2.32. The van der Waals surface area contributed by atoms with E-state index >= 15 is 0 Å². The number of anilines is 2. The maximum absolute atomic E-state index is 13.0. The Labute approximate surface area is 210 Å². The van der Waals surface area contributed by atoms with Crippen molar-refractivity contribution in [3.63, 3.8) is 0 Å². The zero-order chi connectivity index (χ0) is 25.2. The van der Waals surface area contributed by atoms with Gasteiger partial charge in [-0.15, -0.1) is 5.10 Å². The van der Waals surface area contributed by atoms with E-state index in [-0.39, 0.29) is 11.8 Å². The van der Waals surface area contributed by atoms with Gasteiger partial charge < -0.3 is 19.7 Å². The third-order valence-electron chi connectivity index (χ3n) is 6.82. The standard InChI is InChI=1S/C27H30N6O3/c1-17-24-18(2)33(20-8-6-5-7-9-20)31-25(24)26(30-29-17)32-14-12-19(13-15-32)27(34)28-22-11-10-21(35-3)16-23(22)36-4/h5-11,16,19H,12-15H2,1-4H3,(H,28,34). The molecule has 4 aromatic rings. The Morgan fingerprint density at radius 1 is 1.00 bits per heavy atom. The van der Waals surface area contributed by atoms with Crippen molar-refractivity contribution < 1.29 is 14.3 Å². The molecule has 1 saturated heterocycles. The van der Waals surface area contributed by atoms with Crippen molar-refractivity contribution in [3.8, 4) is 17.2 Å². The van der Waals surface area contributed by atoms with Gasteiger partial charge in [-0.3, -0.25) is 4.79 Å². The van der Waals surface area contributed by atoms with Gasteiger partial charge in [-0.2, -0.15) is 10.2 Å². The fourth-order valence-electron chi connectivity index (χ4n) is 4.84. The number of hydrogen-bond acceptors (Lipinski definition) is 7. The van der Waals surface area contributed by atoms with Crippen LogP contribution in [0, 0.1) is 19.8 Å². The first-order valence-electron chi connectivity index (χ1n) is 12.1.